The average molecular weight is 339 g/mol. The van der Waals surface area contributed by atoms with Crippen LogP contribution in [-0.2, 0) is 11.3 Å². The summed E-state index contributed by atoms with van der Waals surface area (Å²) in [6.45, 7) is 5.65. The summed E-state index contributed by atoms with van der Waals surface area (Å²) in [7, 11) is 1.64. The van der Waals surface area contributed by atoms with Crippen molar-refractivity contribution in [2.75, 3.05) is 7.05 Å². The predicted molar refractivity (Wildman–Crippen MR) is 86.9 cm³/mol. The van der Waals surface area contributed by atoms with E-state index < -0.39 is 5.82 Å². The minimum atomic E-state index is -0.414. The fraction of sp³-hybridized carbons (Fsp3) is 0.412. The standard InChI is InChI=1S/C17H20ClFN2O2/c1-5-12(16-10(2)20-23-11(16)3)17(22)21(4)9-13-14(18)7-6-8-15(13)19/h6-8,12H,5,9H2,1-4H3. The molecule has 23 heavy (non-hydrogen) atoms. The number of rotatable bonds is 5. The molecule has 1 heterocycles. The summed E-state index contributed by atoms with van der Waals surface area (Å²) in [5, 5.41) is 4.23. The number of amides is 1. The lowest BCUT2D eigenvalue weighted by Crippen LogP contribution is -2.32. The predicted octanol–water partition coefficient (Wildman–Crippen LogP) is 4.24. The van der Waals surface area contributed by atoms with Gasteiger partial charge in [-0.1, -0.05) is 29.7 Å². The maximum absolute atomic E-state index is 13.9. The number of nitrogens with zero attached hydrogens (tertiary/aromatic N) is 2. The van der Waals surface area contributed by atoms with Crippen LogP contribution in [0, 0.1) is 19.7 Å². The van der Waals surface area contributed by atoms with Crippen molar-refractivity contribution in [2.24, 2.45) is 0 Å². The Morgan fingerprint density at radius 2 is 2.13 bits per heavy atom. The molecule has 0 saturated heterocycles. The van der Waals surface area contributed by atoms with Crippen LogP contribution in [0.3, 0.4) is 0 Å². The van der Waals surface area contributed by atoms with Crippen molar-refractivity contribution >= 4 is 17.5 Å². The van der Waals surface area contributed by atoms with Crippen molar-refractivity contribution < 1.29 is 13.7 Å². The van der Waals surface area contributed by atoms with Crippen LogP contribution in [0.5, 0.6) is 0 Å². The second kappa shape index (κ2) is 7.13. The molecule has 2 aromatic rings. The lowest BCUT2D eigenvalue weighted by molar-refractivity contribution is -0.132. The zero-order valence-electron chi connectivity index (χ0n) is 13.7. The Kier molecular flexibility index (Phi) is 5.42. The van der Waals surface area contributed by atoms with Crippen LogP contribution in [0.4, 0.5) is 4.39 Å². The number of carbonyl (C=O) groups is 1. The van der Waals surface area contributed by atoms with E-state index in [9.17, 15) is 9.18 Å². The smallest absolute Gasteiger partial charge is 0.230 e. The molecule has 0 radical (unpaired) electrons. The molecule has 4 nitrogen and oxygen atoms in total. The molecule has 0 fully saturated rings. The van der Waals surface area contributed by atoms with E-state index in [0.717, 1.165) is 5.56 Å². The van der Waals surface area contributed by atoms with Gasteiger partial charge in [0.2, 0.25) is 5.91 Å². The van der Waals surface area contributed by atoms with E-state index in [0.29, 0.717) is 28.5 Å². The van der Waals surface area contributed by atoms with E-state index in [1.54, 1.807) is 26.1 Å². The molecule has 2 rings (SSSR count). The highest BCUT2D eigenvalue weighted by atomic mass is 35.5. The van der Waals surface area contributed by atoms with Crippen LogP contribution in [-0.4, -0.2) is 23.0 Å². The highest BCUT2D eigenvalue weighted by Crippen LogP contribution is 2.29. The summed E-state index contributed by atoms with van der Waals surface area (Å²) in [5.74, 6) is -0.249. The lowest BCUT2D eigenvalue weighted by atomic mass is 9.93. The average Bonchev–Trinajstić information content (AvgIpc) is 2.84. The highest BCUT2D eigenvalue weighted by Gasteiger charge is 2.28. The second-order valence-corrected chi connectivity index (χ2v) is 6.00. The van der Waals surface area contributed by atoms with Crippen molar-refractivity contribution in [3.63, 3.8) is 0 Å². The summed E-state index contributed by atoms with van der Waals surface area (Å²) in [6.07, 6.45) is 0.608. The van der Waals surface area contributed by atoms with Gasteiger partial charge < -0.3 is 9.42 Å². The Bertz CT molecular complexity index is 675. The number of aryl methyl sites for hydroxylation is 2. The summed E-state index contributed by atoms with van der Waals surface area (Å²) in [6, 6.07) is 4.50. The summed E-state index contributed by atoms with van der Waals surface area (Å²) >= 11 is 6.04. The Labute approximate surface area is 140 Å². The molecule has 0 bridgehead atoms. The maximum atomic E-state index is 13.9. The van der Waals surface area contributed by atoms with E-state index in [1.165, 1.54) is 11.0 Å². The van der Waals surface area contributed by atoms with E-state index in [2.05, 4.69) is 5.16 Å². The first-order valence-electron chi connectivity index (χ1n) is 7.47. The Hall–Kier alpha value is -1.88. The topological polar surface area (TPSA) is 46.3 Å². The largest absolute Gasteiger partial charge is 0.361 e. The van der Waals surface area contributed by atoms with Crippen molar-refractivity contribution in [1.82, 2.24) is 10.1 Å². The van der Waals surface area contributed by atoms with Crippen LogP contribution in [0.25, 0.3) is 0 Å². The van der Waals surface area contributed by atoms with E-state index in [-0.39, 0.29) is 18.4 Å². The number of likely N-dealkylation sites (N-methyl/N-ethyl adjacent to an activating group) is 1. The minimum Gasteiger partial charge on any atom is -0.361 e. The van der Waals surface area contributed by atoms with Gasteiger partial charge in [-0.05, 0) is 32.4 Å². The molecule has 1 unspecified atom stereocenters. The SMILES string of the molecule is CCC(C(=O)N(C)Cc1c(F)cccc1Cl)c1c(C)noc1C. The van der Waals surface area contributed by atoms with Gasteiger partial charge in [0.1, 0.15) is 11.6 Å². The maximum Gasteiger partial charge on any atom is 0.230 e. The lowest BCUT2D eigenvalue weighted by Gasteiger charge is -2.23. The first kappa shape index (κ1) is 17.5. The van der Waals surface area contributed by atoms with E-state index in [1.807, 2.05) is 13.8 Å². The van der Waals surface area contributed by atoms with Gasteiger partial charge in [-0.25, -0.2) is 4.39 Å². The third kappa shape index (κ3) is 3.55. The molecule has 0 spiro atoms. The summed E-state index contributed by atoms with van der Waals surface area (Å²) < 4.78 is 19.1. The van der Waals surface area contributed by atoms with E-state index >= 15 is 0 Å². The first-order chi connectivity index (χ1) is 10.9. The molecule has 6 heteroatoms. The van der Waals surface area contributed by atoms with Crippen molar-refractivity contribution in [3.05, 3.63) is 51.6 Å². The molecule has 0 aliphatic carbocycles. The Morgan fingerprint density at radius 3 is 2.65 bits per heavy atom. The molecule has 0 aliphatic rings. The molecule has 1 aromatic carbocycles. The quantitative estimate of drug-likeness (QED) is 0.819. The molecule has 124 valence electrons. The Balaban J connectivity index is 2.24. The van der Waals surface area contributed by atoms with Gasteiger partial charge in [0, 0.05) is 29.7 Å². The number of benzene rings is 1. The molecule has 1 atom stereocenters. The number of halogens is 2. The molecular weight excluding hydrogens is 319 g/mol. The van der Waals surface area contributed by atoms with E-state index in [4.69, 9.17) is 16.1 Å². The number of carbonyl (C=O) groups excluding carboxylic acids is 1. The van der Waals surface area contributed by atoms with Gasteiger partial charge in [0.25, 0.3) is 0 Å². The van der Waals surface area contributed by atoms with Gasteiger partial charge >= 0.3 is 0 Å². The molecular formula is C17H20ClFN2O2. The van der Waals surface area contributed by atoms with Gasteiger partial charge in [-0.2, -0.15) is 0 Å². The van der Waals surface area contributed by atoms with Crippen LogP contribution < -0.4 is 0 Å². The first-order valence-corrected chi connectivity index (χ1v) is 7.85. The number of hydrogen-bond acceptors (Lipinski definition) is 3. The zero-order chi connectivity index (χ0) is 17.1. The van der Waals surface area contributed by atoms with Crippen molar-refractivity contribution in [2.45, 2.75) is 39.7 Å². The fourth-order valence-electron chi connectivity index (χ4n) is 2.75. The third-order valence-corrected chi connectivity index (χ3v) is 4.33. The minimum absolute atomic E-state index is 0.110. The molecule has 1 aromatic heterocycles. The van der Waals surface area contributed by atoms with Crippen LogP contribution >= 0.6 is 11.6 Å². The summed E-state index contributed by atoms with van der Waals surface area (Å²) in [4.78, 5) is 14.3. The highest BCUT2D eigenvalue weighted by molar-refractivity contribution is 6.31. The Morgan fingerprint density at radius 1 is 1.43 bits per heavy atom. The van der Waals surface area contributed by atoms with Gasteiger partial charge in [-0.3, -0.25) is 4.79 Å². The van der Waals surface area contributed by atoms with Crippen molar-refractivity contribution in [1.29, 1.82) is 0 Å². The molecule has 1 amide bonds. The molecule has 0 N–H and O–H groups in total. The number of hydrogen-bond donors (Lipinski definition) is 0. The molecule has 0 saturated carbocycles. The number of aromatic nitrogens is 1. The zero-order valence-corrected chi connectivity index (χ0v) is 14.4. The van der Waals surface area contributed by atoms with Gasteiger partial charge in [-0.15, -0.1) is 0 Å². The fourth-order valence-corrected chi connectivity index (χ4v) is 2.98. The monoisotopic (exact) mass is 338 g/mol. The second-order valence-electron chi connectivity index (χ2n) is 5.59. The van der Waals surface area contributed by atoms with Gasteiger partial charge in [0.15, 0.2) is 0 Å². The van der Waals surface area contributed by atoms with Crippen LogP contribution in [0.1, 0.15) is 41.8 Å². The third-order valence-electron chi connectivity index (χ3n) is 3.98. The normalized spacial score (nSPS) is 12.3. The van der Waals surface area contributed by atoms with Crippen LogP contribution in [0.2, 0.25) is 5.02 Å². The molecule has 0 aliphatic heterocycles. The summed E-state index contributed by atoms with van der Waals surface area (Å²) in [5.41, 5.74) is 1.84. The van der Waals surface area contributed by atoms with Crippen LogP contribution in [0.15, 0.2) is 22.7 Å². The van der Waals surface area contributed by atoms with Crippen molar-refractivity contribution in [3.8, 4) is 0 Å². The van der Waals surface area contributed by atoms with Gasteiger partial charge in [0.05, 0.1) is 11.6 Å².